The van der Waals surface area contributed by atoms with Crippen LogP contribution in [0.4, 0.5) is 8.78 Å². The summed E-state index contributed by atoms with van der Waals surface area (Å²) in [6, 6.07) is 12.0. The van der Waals surface area contributed by atoms with Crippen LogP contribution in [0.3, 0.4) is 0 Å². The number of amides is 3. The maximum Gasteiger partial charge on any atom is 0.257 e. The Labute approximate surface area is 198 Å². The number of piperidine rings is 1. The molecule has 0 aromatic heterocycles. The first-order valence-corrected chi connectivity index (χ1v) is 11.6. The summed E-state index contributed by atoms with van der Waals surface area (Å²) in [5.41, 5.74) is 0.410. The number of carbonyl (C=O) groups is 3. The Morgan fingerprint density at radius 3 is 2.18 bits per heavy atom. The summed E-state index contributed by atoms with van der Waals surface area (Å²) in [5, 5.41) is 5.54. The summed E-state index contributed by atoms with van der Waals surface area (Å²) in [4.78, 5) is 39.6. The van der Waals surface area contributed by atoms with Gasteiger partial charge in [0.25, 0.3) is 5.91 Å². The van der Waals surface area contributed by atoms with Crippen LogP contribution in [0.25, 0.3) is 0 Å². The van der Waals surface area contributed by atoms with Crippen LogP contribution in [-0.2, 0) is 16.0 Å². The molecule has 2 N–H and O–H groups in total. The lowest BCUT2D eigenvalue weighted by Crippen LogP contribution is -2.55. The summed E-state index contributed by atoms with van der Waals surface area (Å²) >= 11 is 0. The Bertz CT molecular complexity index is 985. The van der Waals surface area contributed by atoms with Crippen LogP contribution in [0.5, 0.6) is 0 Å². The molecule has 0 unspecified atom stereocenters. The van der Waals surface area contributed by atoms with E-state index in [0.29, 0.717) is 38.8 Å². The van der Waals surface area contributed by atoms with Crippen molar-refractivity contribution in [2.24, 2.45) is 5.92 Å². The summed E-state index contributed by atoms with van der Waals surface area (Å²) in [6.07, 6.45) is 2.27. The molecular weight excluding hydrogens is 440 g/mol. The van der Waals surface area contributed by atoms with E-state index >= 15 is 0 Å². The molecule has 0 bridgehead atoms. The highest BCUT2D eigenvalue weighted by Crippen LogP contribution is 2.17. The minimum atomic E-state index is -0.976. The number of hydrogen-bond acceptors (Lipinski definition) is 3. The number of nitrogens with one attached hydrogen (secondary N) is 2. The normalized spacial score (nSPS) is 15.1. The van der Waals surface area contributed by atoms with E-state index in [4.69, 9.17) is 0 Å². The smallest absolute Gasteiger partial charge is 0.257 e. The standard InChI is InChI=1S/C26H31F2N3O3/c1-17(2)24(30-25(33)23-20(27)9-6-10-21(23)28)26(34)31-15-13-19(14-16-31)29-22(32)12-11-18-7-4-3-5-8-18/h3-10,17,19,24H,11-16H2,1-2H3,(H,29,32)(H,30,33)/t24-/m0/s1. The fourth-order valence-corrected chi connectivity index (χ4v) is 4.08. The Kier molecular flexibility index (Phi) is 8.73. The molecule has 1 heterocycles. The minimum absolute atomic E-state index is 0.0205. The van der Waals surface area contributed by atoms with Crippen LogP contribution in [0.15, 0.2) is 48.5 Å². The van der Waals surface area contributed by atoms with Gasteiger partial charge in [-0.05, 0) is 42.9 Å². The van der Waals surface area contributed by atoms with Crippen molar-refractivity contribution in [2.75, 3.05) is 13.1 Å². The molecule has 0 aliphatic carbocycles. The zero-order valence-corrected chi connectivity index (χ0v) is 19.5. The molecule has 3 rings (SSSR count). The fraction of sp³-hybridized carbons (Fsp3) is 0.423. The van der Waals surface area contributed by atoms with E-state index in [1.54, 1.807) is 18.7 Å². The van der Waals surface area contributed by atoms with E-state index in [9.17, 15) is 23.2 Å². The predicted octanol–water partition coefficient (Wildman–Crippen LogP) is 3.46. The average Bonchev–Trinajstić information content (AvgIpc) is 2.81. The average molecular weight is 472 g/mol. The lowest BCUT2D eigenvalue weighted by Gasteiger charge is -2.35. The Hall–Kier alpha value is -3.29. The number of nitrogens with zero attached hydrogens (tertiary/aromatic N) is 1. The fourth-order valence-electron chi connectivity index (χ4n) is 4.08. The first-order chi connectivity index (χ1) is 16.3. The molecule has 1 fully saturated rings. The van der Waals surface area contributed by atoms with Crippen molar-refractivity contribution in [1.82, 2.24) is 15.5 Å². The van der Waals surface area contributed by atoms with Crippen molar-refractivity contribution in [3.05, 3.63) is 71.3 Å². The molecule has 1 aliphatic heterocycles. The number of hydrogen-bond donors (Lipinski definition) is 2. The van der Waals surface area contributed by atoms with Gasteiger partial charge in [0.1, 0.15) is 23.2 Å². The highest BCUT2D eigenvalue weighted by Gasteiger charge is 2.32. The van der Waals surface area contributed by atoms with Crippen molar-refractivity contribution >= 4 is 17.7 Å². The molecule has 2 aromatic carbocycles. The molecule has 0 radical (unpaired) electrons. The third kappa shape index (κ3) is 6.62. The van der Waals surface area contributed by atoms with Crippen LogP contribution < -0.4 is 10.6 Å². The molecular formula is C26H31F2N3O3. The summed E-state index contributed by atoms with van der Waals surface area (Å²) < 4.78 is 28.0. The Morgan fingerprint density at radius 2 is 1.59 bits per heavy atom. The van der Waals surface area contributed by atoms with Crippen LogP contribution in [0, 0.1) is 17.6 Å². The van der Waals surface area contributed by atoms with Gasteiger partial charge in [-0.25, -0.2) is 8.78 Å². The number of rotatable bonds is 8. The van der Waals surface area contributed by atoms with Crippen molar-refractivity contribution in [2.45, 2.75) is 51.6 Å². The quantitative estimate of drug-likeness (QED) is 0.619. The SMILES string of the molecule is CC(C)[C@H](NC(=O)c1c(F)cccc1F)C(=O)N1CCC(NC(=O)CCc2ccccc2)CC1. The summed E-state index contributed by atoms with van der Waals surface area (Å²) in [6.45, 7) is 4.38. The van der Waals surface area contributed by atoms with Crippen molar-refractivity contribution < 1.29 is 23.2 Å². The second-order valence-electron chi connectivity index (χ2n) is 8.94. The molecule has 3 amide bonds. The second-order valence-corrected chi connectivity index (χ2v) is 8.94. The van der Waals surface area contributed by atoms with E-state index in [0.717, 1.165) is 17.7 Å². The van der Waals surface area contributed by atoms with Crippen LogP contribution >= 0.6 is 0 Å². The lowest BCUT2D eigenvalue weighted by atomic mass is 9.98. The van der Waals surface area contributed by atoms with Gasteiger partial charge in [-0.2, -0.15) is 0 Å². The van der Waals surface area contributed by atoms with Gasteiger partial charge in [-0.1, -0.05) is 50.2 Å². The topological polar surface area (TPSA) is 78.5 Å². The maximum absolute atomic E-state index is 14.0. The van der Waals surface area contributed by atoms with E-state index in [-0.39, 0.29) is 23.8 Å². The Balaban J connectivity index is 1.51. The van der Waals surface area contributed by atoms with Gasteiger partial charge in [-0.15, -0.1) is 0 Å². The molecule has 8 heteroatoms. The molecule has 1 aliphatic rings. The highest BCUT2D eigenvalue weighted by molar-refractivity contribution is 5.98. The molecule has 34 heavy (non-hydrogen) atoms. The number of carbonyl (C=O) groups excluding carboxylic acids is 3. The zero-order valence-electron chi connectivity index (χ0n) is 19.5. The maximum atomic E-state index is 14.0. The lowest BCUT2D eigenvalue weighted by molar-refractivity contribution is -0.135. The van der Waals surface area contributed by atoms with Crippen LogP contribution in [0.1, 0.15) is 49.0 Å². The second kappa shape index (κ2) is 11.7. The van der Waals surface area contributed by atoms with E-state index in [1.165, 1.54) is 6.07 Å². The molecule has 1 atom stereocenters. The van der Waals surface area contributed by atoms with E-state index in [1.807, 2.05) is 30.3 Å². The highest BCUT2D eigenvalue weighted by atomic mass is 19.1. The van der Waals surface area contributed by atoms with E-state index < -0.39 is 29.1 Å². The zero-order chi connectivity index (χ0) is 24.7. The number of aryl methyl sites for hydroxylation is 1. The number of benzene rings is 2. The van der Waals surface area contributed by atoms with Crippen LogP contribution in [0.2, 0.25) is 0 Å². The summed E-state index contributed by atoms with van der Waals surface area (Å²) in [5.74, 6) is -3.50. The molecule has 6 nitrogen and oxygen atoms in total. The van der Waals surface area contributed by atoms with E-state index in [2.05, 4.69) is 10.6 Å². The number of likely N-dealkylation sites (tertiary alicyclic amines) is 1. The van der Waals surface area contributed by atoms with Gasteiger partial charge < -0.3 is 15.5 Å². The van der Waals surface area contributed by atoms with Crippen LogP contribution in [-0.4, -0.2) is 47.8 Å². The summed E-state index contributed by atoms with van der Waals surface area (Å²) in [7, 11) is 0. The first kappa shape index (κ1) is 25.3. The largest absolute Gasteiger partial charge is 0.353 e. The van der Waals surface area contributed by atoms with Gasteiger partial charge in [0, 0.05) is 25.6 Å². The Morgan fingerprint density at radius 1 is 0.971 bits per heavy atom. The number of halogens is 2. The first-order valence-electron chi connectivity index (χ1n) is 11.6. The predicted molar refractivity (Wildman–Crippen MR) is 125 cm³/mol. The van der Waals surface area contributed by atoms with Gasteiger partial charge in [0.2, 0.25) is 11.8 Å². The minimum Gasteiger partial charge on any atom is -0.353 e. The third-order valence-electron chi connectivity index (χ3n) is 6.06. The van der Waals surface area contributed by atoms with Gasteiger partial charge >= 0.3 is 0 Å². The van der Waals surface area contributed by atoms with Crippen molar-refractivity contribution in [1.29, 1.82) is 0 Å². The molecule has 0 saturated carbocycles. The monoisotopic (exact) mass is 471 g/mol. The van der Waals surface area contributed by atoms with Crippen molar-refractivity contribution in [3.63, 3.8) is 0 Å². The van der Waals surface area contributed by atoms with Gasteiger partial charge in [0.15, 0.2) is 0 Å². The molecule has 182 valence electrons. The molecule has 0 spiro atoms. The third-order valence-corrected chi connectivity index (χ3v) is 6.06. The van der Waals surface area contributed by atoms with Crippen molar-refractivity contribution in [3.8, 4) is 0 Å². The van der Waals surface area contributed by atoms with Gasteiger partial charge in [0.05, 0.1) is 0 Å². The molecule has 1 saturated heterocycles. The van der Waals surface area contributed by atoms with Gasteiger partial charge in [-0.3, -0.25) is 14.4 Å². The molecule has 2 aromatic rings.